The van der Waals surface area contributed by atoms with E-state index >= 15 is 0 Å². The third-order valence-corrected chi connectivity index (χ3v) is 4.37. The van der Waals surface area contributed by atoms with Gasteiger partial charge in [0.05, 0.1) is 5.56 Å². The monoisotopic (exact) mass is 331 g/mol. The summed E-state index contributed by atoms with van der Waals surface area (Å²) in [6, 6.07) is 8.18. The van der Waals surface area contributed by atoms with Crippen LogP contribution in [0, 0.1) is 19.7 Å². The van der Waals surface area contributed by atoms with Crippen LogP contribution < -0.4 is 5.32 Å². The number of aromatic nitrogens is 1. The highest BCUT2D eigenvalue weighted by molar-refractivity contribution is 5.95. The number of benzene rings is 1. The summed E-state index contributed by atoms with van der Waals surface area (Å²) in [7, 11) is 0. The Morgan fingerprint density at radius 2 is 1.79 bits per heavy atom. The van der Waals surface area contributed by atoms with Crippen LogP contribution in [0.25, 0.3) is 5.69 Å². The molecular formula is C19H26FN3O. The number of hydrogen-bond acceptors (Lipinski definition) is 2. The fourth-order valence-corrected chi connectivity index (χ4v) is 2.94. The standard InChI is InChI=1S/C19H26FN3O/c1-5-22(6-2)12-11-21-19(24)18-13-14(3)23(15(18)4)17-9-7-16(20)8-10-17/h7-10,13H,5-6,11-12H2,1-4H3,(H,21,24). The van der Waals surface area contributed by atoms with E-state index in [1.165, 1.54) is 12.1 Å². The average molecular weight is 331 g/mol. The summed E-state index contributed by atoms with van der Waals surface area (Å²) in [6.07, 6.45) is 0. The Kier molecular flexibility index (Phi) is 6.15. The summed E-state index contributed by atoms with van der Waals surface area (Å²) in [6.45, 7) is 11.5. The fourth-order valence-electron chi connectivity index (χ4n) is 2.94. The second kappa shape index (κ2) is 8.11. The van der Waals surface area contributed by atoms with Gasteiger partial charge in [0.2, 0.25) is 0 Å². The minimum absolute atomic E-state index is 0.0661. The van der Waals surface area contributed by atoms with Crippen LogP contribution in [0.1, 0.15) is 35.6 Å². The molecule has 1 N–H and O–H groups in total. The first-order valence-corrected chi connectivity index (χ1v) is 8.43. The molecule has 5 heteroatoms. The summed E-state index contributed by atoms with van der Waals surface area (Å²) < 4.78 is 15.1. The number of carbonyl (C=O) groups is 1. The summed E-state index contributed by atoms with van der Waals surface area (Å²) in [4.78, 5) is 14.7. The first-order chi connectivity index (χ1) is 11.5. The zero-order chi connectivity index (χ0) is 17.7. The van der Waals surface area contributed by atoms with Gasteiger partial charge in [0.1, 0.15) is 5.82 Å². The van der Waals surface area contributed by atoms with Crippen LogP contribution in [0.3, 0.4) is 0 Å². The molecule has 0 spiro atoms. The normalized spacial score (nSPS) is 11.1. The van der Waals surface area contributed by atoms with Crippen LogP contribution in [0.5, 0.6) is 0 Å². The maximum Gasteiger partial charge on any atom is 0.253 e. The molecule has 0 aliphatic heterocycles. The van der Waals surface area contributed by atoms with Crippen molar-refractivity contribution in [2.45, 2.75) is 27.7 Å². The Morgan fingerprint density at radius 1 is 1.17 bits per heavy atom. The average Bonchev–Trinajstić information content (AvgIpc) is 2.87. The molecule has 1 heterocycles. The van der Waals surface area contributed by atoms with Gasteiger partial charge in [0.15, 0.2) is 0 Å². The van der Waals surface area contributed by atoms with Crippen molar-refractivity contribution in [2.75, 3.05) is 26.2 Å². The number of carbonyl (C=O) groups excluding carboxylic acids is 1. The smallest absolute Gasteiger partial charge is 0.253 e. The molecule has 1 amide bonds. The van der Waals surface area contributed by atoms with E-state index in [0.29, 0.717) is 12.1 Å². The Labute approximate surface area is 143 Å². The number of nitrogens with one attached hydrogen (secondary N) is 1. The lowest BCUT2D eigenvalue weighted by atomic mass is 10.2. The van der Waals surface area contributed by atoms with Gasteiger partial charge in [-0.3, -0.25) is 4.79 Å². The topological polar surface area (TPSA) is 37.3 Å². The van der Waals surface area contributed by atoms with Crippen molar-refractivity contribution in [1.29, 1.82) is 0 Å². The molecule has 0 fully saturated rings. The number of hydrogen-bond donors (Lipinski definition) is 1. The molecule has 0 aliphatic carbocycles. The van der Waals surface area contributed by atoms with Gasteiger partial charge in [0.25, 0.3) is 5.91 Å². The second-order valence-corrected chi connectivity index (χ2v) is 5.88. The predicted molar refractivity (Wildman–Crippen MR) is 95.3 cm³/mol. The van der Waals surface area contributed by atoms with Gasteiger partial charge in [-0.1, -0.05) is 13.8 Å². The summed E-state index contributed by atoms with van der Waals surface area (Å²) in [5, 5.41) is 2.99. The van der Waals surface area contributed by atoms with Crippen molar-refractivity contribution in [3.8, 4) is 5.69 Å². The molecule has 130 valence electrons. The molecule has 0 unspecified atom stereocenters. The van der Waals surface area contributed by atoms with Crippen LogP contribution in [0.2, 0.25) is 0 Å². The Morgan fingerprint density at radius 3 is 2.38 bits per heavy atom. The summed E-state index contributed by atoms with van der Waals surface area (Å²) in [5.74, 6) is -0.334. The quantitative estimate of drug-likeness (QED) is 0.845. The van der Waals surface area contributed by atoms with Crippen LogP contribution in [-0.4, -0.2) is 41.6 Å². The van der Waals surface area contributed by atoms with Gasteiger partial charge in [0, 0.05) is 30.2 Å². The van der Waals surface area contributed by atoms with E-state index in [1.54, 1.807) is 12.1 Å². The van der Waals surface area contributed by atoms with Crippen molar-refractivity contribution in [2.24, 2.45) is 0 Å². The molecule has 0 aliphatic rings. The number of halogens is 1. The highest BCUT2D eigenvalue weighted by Gasteiger charge is 2.16. The fraction of sp³-hybridized carbons (Fsp3) is 0.421. The van der Waals surface area contributed by atoms with E-state index in [1.807, 2.05) is 24.5 Å². The largest absolute Gasteiger partial charge is 0.351 e. The number of amides is 1. The third-order valence-electron chi connectivity index (χ3n) is 4.37. The summed E-state index contributed by atoms with van der Waals surface area (Å²) in [5.41, 5.74) is 3.33. The molecular weight excluding hydrogens is 305 g/mol. The van der Waals surface area contributed by atoms with Crippen LogP contribution >= 0.6 is 0 Å². The van der Waals surface area contributed by atoms with E-state index in [4.69, 9.17) is 0 Å². The lowest BCUT2D eigenvalue weighted by Gasteiger charge is -2.18. The Bertz CT molecular complexity index is 687. The van der Waals surface area contributed by atoms with E-state index in [-0.39, 0.29) is 11.7 Å². The van der Waals surface area contributed by atoms with E-state index in [9.17, 15) is 9.18 Å². The lowest BCUT2D eigenvalue weighted by Crippen LogP contribution is -2.34. The highest BCUT2D eigenvalue weighted by Crippen LogP contribution is 2.21. The number of rotatable bonds is 7. The number of likely N-dealkylation sites (N-methyl/N-ethyl adjacent to an activating group) is 1. The van der Waals surface area contributed by atoms with E-state index in [0.717, 1.165) is 36.7 Å². The van der Waals surface area contributed by atoms with Crippen LogP contribution in [0.15, 0.2) is 30.3 Å². The third kappa shape index (κ3) is 4.03. The first-order valence-electron chi connectivity index (χ1n) is 8.43. The van der Waals surface area contributed by atoms with Gasteiger partial charge in [-0.25, -0.2) is 4.39 Å². The predicted octanol–water partition coefficient (Wildman–Crippen LogP) is 3.30. The minimum atomic E-state index is -0.268. The molecule has 1 aromatic heterocycles. The van der Waals surface area contributed by atoms with Crippen molar-refractivity contribution in [1.82, 2.24) is 14.8 Å². The molecule has 4 nitrogen and oxygen atoms in total. The van der Waals surface area contributed by atoms with Gasteiger partial charge >= 0.3 is 0 Å². The maximum absolute atomic E-state index is 13.1. The lowest BCUT2D eigenvalue weighted by molar-refractivity contribution is 0.0948. The Hall–Kier alpha value is -2.14. The highest BCUT2D eigenvalue weighted by atomic mass is 19.1. The molecule has 24 heavy (non-hydrogen) atoms. The van der Waals surface area contributed by atoms with Crippen LogP contribution in [-0.2, 0) is 0 Å². The first kappa shape index (κ1) is 18.2. The second-order valence-electron chi connectivity index (χ2n) is 5.88. The number of aryl methyl sites for hydroxylation is 1. The zero-order valence-corrected chi connectivity index (χ0v) is 14.9. The molecule has 0 saturated heterocycles. The molecule has 2 rings (SSSR count). The molecule has 0 saturated carbocycles. The van der Waals surface area contributed by atoms with Crippen LogP contribution in [0.4, 0.5) is 4.39 Å². The van der Waals surface area contributed by atoms with Crippen molar-refractivity contribution < 1.29 is 9.18 Å². The zero-order valence-electron chi connectivity index (χ0n) is 14.9. The molecule has 1 aromatic carbocycles. The molecule has 0 radical (unpaired) electrons. The SMILES string of the molecule is CCN(CC)CCNC(=O)c1cc(C)n(-c2ccc(F)cc2)c1C. The van der Waals surface area contributed by atoms with E-state index in [2.05, 4.69) is 24.1 Å². The van der Waals surface area contributed by atoms with E-state index < -0.39 is 0 Å². The maximum atomic E-state index is 13.1. The van der Waals surface area contributed by atoms with Gasteiger partial charge in [-0.05, 0) is 57.3 Å². The molecule has 0 atom stereocenters. The molecule has 2 aromatic rings. The summed E-state index contributed by atoms with van der Waals surface area (Å²) >= 11 is 0. The van der Waals surface area contributed by atoms with Crippen molar-refractivity contribution >= 4 is 5.91 Å². The van der Waals surface area contributed by atoms with Crippen molar-refractivity contribution in [3.63, 3.8) is 0 Å². The van der Waals surface area contributed by atoms with Gasteiger partial charge < -0.3 is 14.8 Å². The van der Waals surface area contributed by atoms with Gasteiger partial charge in [-0.15, -0.1) is 0 Å². The molecule has 0 bridgehead atoms. The minimum Gasteiger partial charge on any atom is -0.351 e. The van der Waals surface area contributed by atoms with Crippen molar-refractivity contribution in [3.05, 3.63) is 53.1 Å². The van der Waals surface area contributed by atoms with Gasteiger partial charge in [-0.2, -0.15) is 0 Å². The number of nitrogens with zero attached hydrogens (tertiary/aromatic N) is 2. The Balaban J connectivity index is 2.13.